The van der Waals surface area contributed by atoms with Crippen molar-refractivity contribution < 1.29 is 4.74 Å². The number of benzene rings is 1. The zero-order chi connectivity index (χ0) is 8.84. The monoisotopic (exact) mass is 173 g/mol. The minimum Gasteiger partial charge on any atom is -0.493 e. The van der Waals surface area contributed by atoms with Crippen molar-refractivity contribution in [2.24, 2.45) is 0 Å². The van der Waals surface area contributed by atoms with Crippen LogP contribution in [0.4, 0.5) is 0 Å². The standard InChI is InChI=1S/C11H11NO/c1-7-6-9-8-4-5-13-11(8)3-2-10(9)12-7/h2-3,6,12H,4-5H2,1H3. The Balaban J connectivity index is 2.42. The van der Waals surface area contributed by atoms with Crippen LogP contribution in [0.3, 0.4) is 0 Å². The molecule has 2 heterocycles. The minimum absolute atomic E-state index is 0.832. The quantitative estimate of drug-likeness (QED) is 0.650. The fourth-order valence-electron chi connectivity index (χ4n) is 2.04. The molecule has 3 rings (SSSR count). The fourth-order valence-corrected chi connectivity index (χ4v) is 2.04. The molecule has 0 amide bonds. The molecule has 2 nitrogen and oxygen atoms in total. The van der Waals surface area contributed by atoms with E-state index in [1.807, 2.05) is 0 Å². The van der Waals surface area contributed by atoms with Gasteiger partial charge in [-0.05, 0) is 25.1 Å². The maximum Gasteiger partial charge on any atom is 0.123 e. The smallest absolute Gasteiger partial charge is 0.123 e. The van der Waals surface area contributed by atoms with Gasteiger partial charge in [-0.25, -0.2) is 0 Å². The number of ether oxygens (including phenoxy) is 1. The number of nitrogens with one attached hydrogen (secondary N) is 1. The van der Waals surface area contributed by atoms with E-state index in [1.54, 1.807) is 0 Å². The normalized spacial score (nSPS) is 14.5. The summed E-state index contributed by atoms with van der Waals surface area (Å²) in [5.41, 5.74) is 3.80. The van der Waals surface area contributed by atoms with Crippen LogP contribution in [0.5, 0.6) is 5.75 Å². The van der Waals surface area contributed by atoms with Gasteiger partial charge in [-0.15, -0.1) is 0 Å². The Bertz CT molecular complexity index is 470. The molecule has 0 aliphatic carbocycles. The molecule has 1 aromatic heterocycles. The van der Waals surface area contributed by atoms with Gasteiger partial charge >= 0.3 is 0 Å². The molecule has 0 fully saturated rings. The number of aryl methyl sites for hydroxylation is 1. The molecule has 1 aliphatic rings. The lowest BCUT2D eigenvalue weighted by atomic mass is 10.1. The lowest BCUT2D eigenvalue weighted by molar-refractivity contribution is 0.357. The highest BCUT2D eigenvalue weighted by Crippen LogP contribution is 2.32. The number of rotatable bonds is 0. The number of hydrogen-bond acceptors (Lipinski definition) is 1. The van der Waals surface area contributed by atoms with Gasteiger partial charge in [-0.3, -0.25) is 0 Å². The average molecular weight is 173 g/mol. The van der Waals surface area contributed by atoms with Gasteiger partial charge in [0.1, 0.15) is 5.75 Å². The van der Waals surface area contributed by atoms with Crippen molar-refractivity contribution in [3.05, 3.63) is 29.5 Å². The summed E-state index contributed by atoms with van der Waals surface area (Å²) in [6, 6.07) is 6.34. The molecule has 66 valence electrons. The number of fused-ring (bicyclic) bond motifs is 3. The number of hydrogen-bond donors (Lipinski definition) is 1. The van der Waals surface area contributed by atoms with Crippen LogP contribution in [0.2, 0.25) is 0 Å². The predicted molar refractivity (Wildman–Crippen MR) is 52.2 cm³/mol. The molecule has 0 radical (unpaired) electrons. The van der Waals surface area contributed by atoms with E-state index >= 15 is 0 Å². The Hall–Kier alpha value is -1.44. The van der Waals surface area contributed by atoms with Crippen LogP contribution in [0.15, 0.2) is 18.2 Å². The van der Waals surface area contributed by atoms with Crippen LogP contribution in [-0.4, -0.2) is 11.6 Å². The molecule has 2 aromatic rings. The van der Waals surface area contributed by atoms with Crippen molar-refractivity contribution in [2.75, 3.05) is 6.61 Å². The first-order valence-corrected chi connectivity index (χ1v) is 4.58. The summed E-state index contributed by atoms with van der Waals surface area (Å²) in [5.74, 6) is 1.06. The Labute approximate surface area is 76.5 Å². The molecule has 1 aliphatic heterocycles. The molecule has 2 heteroatoms. The van der Waals surface area contributed by atoms with E-state index in [0.29, 0.717) is 0 Å². The van der Waals surface area contributed by atoms with E-state index in [0.717, 1.165) is 18.8 Å². The second kappa shape index (κ2) is 2.28. The van der Waals surface area contributed by atoms with Crippen molar-refractivity contribution in [3.63, 3.8) is 0 Å². The van der Waals surface area contributed by atoms with Crippen molar-refractivity contribution in [1.29, 1.82) is 0 Å². The predicted octanol–water partition coefficient (Wildman–Crippen LogP) is 2.41. The van der Waals surface area contributed by atoms with Gasteiger partial charge in [0.15, 0.2) is 0 Å². The van der Waals surface area contributed by atoms with E-state index < -0.39 is 0 Å². The largest absolute Gasteiger partial charge is 0.493 e. The van der Waals surface area contributed by atoms with Crippen LogP contribution in [0.1, 0.15) is 11.3 Å². The molecule has 0 unspecified atom stereocenters. The number of aromatic nitrogens is 1. The molecular formula is C11H11NO. The second-order valence-electron chi connectivity index (χ2n) is 3.55. The molecule has 1 N–H and O–H groups in total. The number of aromatic amines is 1. The molecule has 0 spiro atoms. The number of H-pyrrole nitrogens is 1. The van der Waals surface area contributed by atoms with Gasteiger partial charge < -0.3 is 9.72 Å². The maximum atomic E-state index is 5.50. The topological polar surface area (TPSA) is 25.0 Å². The summed E-state index contributed by atoms with van der Waals surface area (Å²) in [5, 5.41) is 1.33. The average Bonchev–Trinajstić information content (AvgIpc) is 2.65. The van der Waals surface area contributed by atoms with Gasteiger partial charge in [0.25, 0.3) is 0 Å². The third-order valence-electron chi connectivity index (χ3n) is 2.62. The first-order valence-electron chi connectivity index (χ1n) is 4.58. The summed E-state index contributed by atoms with van der Waals surface area (Å²) in [7, 11) is 0. The molecule has 0 saturated carbocycles. The van der Waals surface area contributed by atoms with E-state index in [2.05, 4.69) is 30.1 Å². The van der Waals surface area contributed by atoms with Crippen LogP contribution in [0.25, 0.3) is 10.9 Å². The lowest BCUT2D eigenvalue weighted by Gasteiger charge is -1.98. The Kier molecular flexibility index (Phi) is 1.23. The molecule has 0 bridgehead atoms. The van der Waals surface area contributed by atoms with Crippen LogP contribution >= 0.6 is 0 Å². The SMILES string of the molecule is Cc1cc2c3c(ccc2[nH]1)OCC3. The van der Waals surface area contributed by atoms with Gasteiger partial charge in [0.05, 0.1) is 6.61 Å². The zero-order valence-electron chi connectivity index (χ0n) is 7.55. The third-order valence-corrected chi connectivity index (χ3v) is 2.62. The van der Waals surface area contributed by atoms with Crippen molar-refractivity contribution in [2.45, 2.75) is 13.3 Å². The second-order valence-corrected chi connectivity index (χ2v) is 3.55. The Morgan fingerprint density at radius 1 is 1.38 bits per heavy atom. The highest BCUT2D eigenvalue weighted by Gasteiger charge is 2.15. The zero-order valence-corrected chi connectivity index (χ0v) is 7.55. The Morgan fingerprint density at radius 2 is 2.31 bits per heavy atom. The summed E-state index contributed by atoms with van der Waals surface area (Å²) < 4.78 is 5.50. The van der Waals surface area contributed by atoms with Gasteiger partial charge in [-0.1, -0.05) is 0 Å². The van der Waals surface area contributed by atoms with E-state index in [1.165, 1.54) is 22.2 Å². The maximum absolute atomic E-state index is 5.50. The lowest BCUT2D eigenvalue weighted by Crippen LogP contribution is -1.85. The van der Waals surface area contributed by atoms with E-state index in [-0.39, 0.29) is 0 Å². The van der Waals surface area contributed by atoms with Crippen molar-refractivity contribution in [1.82, 2.24) is 4.98 Å². The first-order chi connectivity index (χ1) is 6.34. The molecule has 13 heavy (non-hydrogen) atoms. The van der Waals surface area contributed by atoms with Gasteiger partial charge in [-0.2, -0.15) is 0 Å². The summed E-state index contributed by atoms with van der Waals surface area (Å²) in [4.78, 5) is 3.33. The van der Waals surface area contributed by atoms with Gasteiger partial charge in [0, 0.05) is 28.6 Å². The summed E-state index contributed by atoms with van der Waals surface area (Å²) in [6.07, 6.45) is 1.05. The van der Waals surface area contributed by atoms with Crippen molar-refractivity contribution >= 4 is 10.9 Å². The Morgan fingerprint density at radius 3 is 3.23 bits per heavy atom. The third kappa shape index (κ3) is 0.886. The molecule has 0 saturated heterocycles. The summed E-state index contributed by atoms with van der Waals surface area (Å²) >= 11 is 0. The summed E-state index contributed by atoms with van der Waals surface area (Å²) in [6.45, 7) is 2.92. The van der Waals surface area contributed by atoms with Crippen LogP contribution < -0.4 is 4.74 Å². The van der Waals surface area contributed by atoms with Gasteiger partial charge in [0.2, 0.25) is 0 Å². The highest BCUT2D eigenvalue weighted by atomic mass is 16.5. The molecule has 1 aromatic carbocycles. The van der Waals surface area contributed by atoms with E-state index in [9.17, 15) is 0 Å². The van der Waals surface area contributed by atoms with Crippen LogP contribution in [-0.2, 0) is 6.42 Å². The van der Waals surface area contributed by atoms with E-state index in [4.69, 9.17) is 4.74 Å². The molecular weight excluding hydrogens is 162 g/mol. The van der Waals surface area contributed by atoms with Crippen molar-refractivity contribution in [3.8, 4) is 5.75 Å². The minimum atomic E-state index is 0.832. The fraction of sp³-hybridized carbons (Fsp3) is 0.273. The first kappa shape index (κ1) is 7.01. The molecule has 0 atom stereocenters. The van der Waals surface area contributed by atoms with Crippen LogP contribution in [0, 0.1) is 6.92 Å². The highest BCUT2D eigenvalue weighted by molar-refractivity contribution is 5.86.